The van der Waals surface area contributed by atoms with Gasteiger partial charge in [0, 0.05) is 4.47 Å². The molecule has 0 unspecified atom stereocenters. The first-order valence-corrected chi connectivity index (χ1v) is 12.6. The van der Waals surface area contributed by atoms with Crippen LogP contribution < -0.4 is 10.1 Å². The van der Waals surface area contributed by atoms with Crippen molar-refractivity contribution in [3.63, 3.8) is 0 Å². The van der Waals surface area contributed by atoms with Gasteiger partial charge in [-0.3, -0.25) is 19.3 Å². The predicted molar refractivity (Wildman–Crippen MR) is 142 cm³/mol. The number of ether oxygens (including phenoxy) is 1. The number of amides is 3. The van der Waals surface area contributed by atoms with E-state index in [2.05, 4.69) is 21.2 Å². The van der Waals surface area contributed by atoms with Crippen LogP contribution in [0.25, 0.3) is 6.08 Å². The Morgan fingerprint density at radius 3 is 2.42 bits per heavy atom. The molecule has 36 heavy (non-hydrogen) atoms. The topological polar surface area (TPSA) is 75.7 Å². The molecule has 4 rings (SSSR count). The van der Waals surface area contributed by atoms with Crippen LogP contribution in [0.5, 0.6) is 5.75 Å². The zero-order chi connectivity index (χ0) is 25.8. The van der Waals surface area contributed by atoms with E-state index in [1.165, 1.54) is 12.1 Å². The van der Waals surface area contributed by atoms with Gasteiger partial charge in [-0.2, -0.15) is 0 Å². The van der Waals surface area contributed by atoms with Gasteiger partial charge in [0.15, 0.2) is 6.61 Å². The molecule has 0 aromatic heterocycles. The summed E-state index contributed by atoms with van der Waals surface area (Å²) >= 11 is 4.31. The summed E-state index contributed by atoms with van der Waals surface area (Å²) in [6.45, 7) is 3.88. The SMILES string of the molecule is Cc1cc(Br)c(NC(=O)COc2ccc(/C=C3/SC(=O)N(Cc4ccc(F)cc4)C3=O)cc2)cc1C. The van der Waals surface area contributed by atoms with Crippen LogP contribution in [0.4, 0.5) is 14.9 Å². The first kappa shape index (κ1) is 25.7. The number of carbonyl (C=O) groups excluding carboxylic acids is 3. The number of anilines is 1. The lowest BCUT2D eigenvalue weighted by molar-refractivity contribution is -0.123. The standard InChI is InChI=1S/C27H22BrFN2O4S/c1-16-11-22(28)23(12-17(16)2)30-25(32)15-35-21-9-5-18(6-10-21)13-24-26(33)31(27(34)36-24)14-19-3-7-20(29)8-4-19/h3-13H,14-15H2,1-2H3,(H,30,32)/b24-13+. The van der Waals surface area contributed by atoms with Gasteiger partial charge in [-0.1, -0.05) is 24.3 Å². The van der Waals surface area contributed by atoms with E-state index in [4.69, 9.17) is 4.74 Å². The van der Waals surface area contributed by atoms with Crippen molar-refractivity contribution in [2.45, 2.75) is 20.4 Å². The first-order chi connectivity index (χ1) is 17.2. The predicted octanol–water partition coefficient (Wildman–Crippen LogP) is 6.46. The molecule has 1 aliphatic heterocycles. The molecular weight excluding hydrogens is 547 g/mol. The highest BCUT2D eigenvalue weighted by Gasteiger charge is 2.34. The Morgan fingerprint density at radius 2 is 1.72 bits per heavy atom. The largest absolute Gasteiger partial charge is 0.484 e. The summed E-state index contributed by atoms with van der Waals surface area (Å²) in [6, 6.07) is 16.4. The number of imide groups is 1. The number of aryl methyl sites for hydroxylation is 2. The minimum absolute atomic E-state index is 0.0792. The van der Waals surface area contributed by atoms with E-state index < -0.39 is 5.91 Å². The van der Waals surface area contributed by atoms with Crippen molar-refractivity contribution in [3.05, 3.63) is 98.1 Å². The third kappa shape index (κ3) is 6.22. The molecule has 3 aromatic carbocycles. The Labute approximate surface area is 220 Å². The molecular formula is C27H22BrFN2O4S. The van der Waals surface area contributed by atoms with E-state index in [1.54, 1.807) is 42.5 Å². The first-order valence-electron chi connectivity index (χ1n) is 11.0. The molecule has 0 saturated carbocycles. The minimum Gasteiger partial charge on any atom is -0.484 e. The summed E-state index contributed by atoms with van der Waals surface area (Å²) < 4.78 is 19.5. The molecule has 9 heteroatoms. The van der Waals surface area contributed by atoms with Gasteiger partial charge in [0.1, 0.15) is 11.6 Å². The zero-order valence-corrected chi connectivity index (χ0v) is 21.9. The van der Waals surface area contributed by atoms with Crippen LogP contribution in [0.2, 0.25) is 0 Å². The van der Waals surface area contributed by atoms with Crippen molar-refractivity contribution < 1.29 is 23.5 Å². The molecule has 1 aliphatic rings. The molecule has 1 saturated heterocycles. The van der Waals surface area contributed by atoms with Gasteiger partial charge >= 0.3 is 0 Å². The third-order valence-electron chi connectivity index (χ3n) is 5.53. The number of benzene rings is 3. The average Bonchev–Trinajstić information content (AvgIpc) is 3.10. The molecule has 0 atom stereocenters. The Balaban J connectivity index is 1.34. The fourth-order valence-electron chi connectivity index (χ4n) is 3.43. The maximum absolute atomic E-state index is 13.1. The number of hydrogen-bond acceptors (Lipinski definition) is 5. The van der Waals surface area contributed by atoms with Gasteiger partial charge in [-0.05, 0) is 106 Å². The number of thioether (sulfide) groups is 1. The van der Waals surface area contributed by atoms with E-state index >= 15 is 0 Å². The third-order valence-corrected chi connectivity index (χ3v) is 7.10. The van der Waals surface area contributed by atoms with Crippen LogP contribution >= 0.6 is 27.7 Å². The maximum atomic E-state index is 13.1. The Morgan fingerprint density at radius 1 is 1.06 bits per heavy atom. The lowest BCUT2D eigenvalue weighted by Gasteiger charge is -2.12. The highest BCUT2D eigenvalue weighted by atomic mass is 79.9. The van der Waals surface area contributed by atoms with Gasteiger partial charge in [0.2, 0.25) is 0 Å². The molecule has 0 spiro atoms. The summed E-state index contributed by atoms with van der Waals surface area (Å²) in [5.41, 5.74) is 4.23. The van der Waals surface area contributed by atoms with E-state index in [1.807, 2.05) is 26.0 Å². The molecule has 0 aliphatic carbocycles. The number of nitrogens with one attached hydrogen (secondary N) is 1. The second-order valence-electron chi connectivity index (χ2n) is 8.22. The number of halogens is 2. The molecule has 1 fully saturated rings. The highest BCUT2D eigenvalue weighted by Crippen LogP contribution is 2.33. The van der Waals surface area contributed by atoms with E-state index in [9.17, 15) is 18.8 Å². The number of rotatable bonds is 7. The maximum Gasteiger partial charge on any atom is 0.293 e. The molecule has 1 heterocycles. The van der Waals surface area contributed by atoms with Crippen LogP contribution in [0.3, 0.4) is 0 Å². The lowest BCUT2D eigenvalue weighted by Crippen LogP contribution is -2.27. The number of carbonyl (C=O) groups is 3. The van der Waals surface area contributed by atoms with Gasteiger partial charge in [-0.15, -0.1) is 0 Å². The number of nitrogens with zero attached hydrogens (tertiary/aromatic N) is 1. The van der Waals surface area contributed by atoms with Crippen molar-refractivity contribution in [2.75, 3.05) is 11.9 Å². The molecule has 1 N–H and O–H groups in total. The second kappa shape index (κ2) is 11.1. The minimum atomic E-state index is -0.399. The summed E-state index contributed by atoms with van der Waals surface area (Å²) in [5.74, 6) is -0.581. The van der Waals surface area contributed by atoms with E-state index in [-0.39, 0.29) is 30.1 Å². The quantitative estimate of drug-likeness (QED) is 0.331. The molecule has 0 radical (unpaired) electrons. The van der Waals surface area contributed by atoms with Crippen LogP contribution in [-0.4, -0.2) is 28.6 Å². The van der Waals surface area contributed by atoms with Crippen molar-refractivity contribution in [1.82, 2.24) is 4.90 Å². The zero-order valence-electron chi connectivity index (χ0n) is 19.5. The summed E-state index contributed by atoms with van der Waals surface area (Å²) in [7, 11) is 0. The van der Waals surface area contributed by atoms with Crippen molar-refractivity contribution in [3.8, 4) is 5.75 Å². The van der Waals surface area contributed by atoms with Crippen LogP contribution in [-0.2, 0) is 16.1 Å². The fourth-order valence-corrected chi connectivity index (χ4v) is 4.83. The number of hydrogen-bond donors (Lipinski definition) is 1. The highest BCUT2D eigenvalue weighted by molar-refractivity contribution is 9.10. The Hall–Kier alpha value is -3.43. The van der Waals surface area contributed by atoms with Gasteiger partial charge in [0.25, 0.3) is 17.1 Å². The molecule has 3 aromatic rings. The molecule has 184 valence electrons. The van der Waals surface area contributed by atoms with Crippen LogP contribution in [0, 0.1) is 19.7 Å². The monoisotopic (exact) mass is 568 g/mol. The van der Waals surface area contributed by atoms with E-state index in [0.717, 1.165) is 32.3 Å². The van der Waals surface area contributed by atoms with Crippen molar-refractivity contribution in [1.29, 1.82) is 0 Å². The van der Waals surface area contributed by atoms with Crippen molar-refractivity contribution >= 4 is 56.5 Å². The van der Waals surface area contributed by atoms with Gasteiger partial charge in [0.05, 0.1) is 17.1 Å². The normalized spacial score (nSPS) is 14.4. The lowest BCUT2D eigenvalue weighted by atomic mass is 10.1. The Kier molecular flexibility index (Phi) is 7.91. The van der Waals surface area contributed by atoms with Gasteiger partial charge in [-0.25, -0.2) is 4.39 Å². The van der Waals surface area contributed by atoms with Gasteiger partial charge < -0.3 is 10.1 Å². The van der Waals surface area contributed by atoms with E-state index in [0.29, 0.717) is 27.5 Å². The Bertz CT molecular complexity index is 1360. The summed E-state index contributed by atoms with van der Waals surface area (Å²) in [5, 5.41) is 2.45. The molecule has 6 nitrogen and oxygen atoms in total. The smallest absolute Gasteiger partial charge is 0.293 e. The second-order valence-corrected chi connectivity index (χ2v) is 10.1. The summed E-state index contributed by atoms with van der Waals surface area (Å²) in [6.07, 6.45) is 1.63. The molecule has 3 amide bonds. The van der Waals surface area contributed by atoms with Crippen molar-refractivity contribution in [2.24, 2.45) is 0 Å². The molecule has 0 bridgehead atoms. The average molecular weight is 569 g/mol. The summed E-state index contributed by atoms with van der Waals surface area (Å²) in [4.78, 5) is 38.8. The van der Waals surface area contributed by atoms with Crippen LogP contribution in [0.15, 0.2) is 70.0 Å². The fraction of sp³-hybridized carbons (Fsp3) is 0.148. The van der Waals surface area contributed by atoms with Crippen LogP contribution in [0.1, 0.15) is 22.3 Å².